The van der Waals surface area contributed by atoms with Crippen molar-refractivity contribution in [2.75, 3.05) is 24.6 Å². The van der Waals surface area contributed by atoms with E-state index in [0.29, 0.717) is 12.2 Å². The number of carbonyl (C=O) groups is 1. The summed E-state index contributed by atoms with van der Waals surface area (Å²) in [6, 6.07) is 2.37. The van der Waals surface area contributed by atoms with Gasteiger partial charge in [-0.3, -0.25) is 4.68 Å². The van der Waals surface area contributed by atoms with E-state index >= 15 is 0 Å². The number of rotatable bonds is 4. The van der Waals surface area contributed by atoms with E-state index in [9.17, 15) is 4.79 Å². The quantitative estimate of drug-likeness (QED) is 0.810. The molecule has 0 radical (unpaired) electrons. The molecule has 4 rings (SSSR count). The van der Waals surface area contributed by atoms with Crippen LogP contribution >= 0.6 is 0 Å². The Balaban J connectivity index is 1.57. The van der Waals surface area contributed by atoms with E-state index in [4.69, 9.17) is 4.74 Å². The summed E-state index contributed by atoms with van der Waals surface area (Å²) in [5, 5.41) is 4.36. The highest BCUT2D eigenvalue weighted by Crippen LogP contribution is 2.35. The van der Waals surface area contributed by atoms with Gasteiger partial charge in [0.15, 0.2) is 0 Å². The SMILES string of the molecule is CCOC(=O)c1cnn(C2CCc3cc(N4CCC4)ncc32)c1. The Hall–Kier alpha value is -2.37. The van der Waals surface area contributed by atoms with E-state index in [-0.39, 0.29) is 12.0 Å². The lowest BCUT2D eigenvalue weighted by Gasteiger charge is -2.32. The van der Waals surface area contributed by atoms with Gasteiger partial charge in [0.05, 0.1) is 24.4 Å². The molecular weight excluding hydrogens is 292 g/mol. The van der Waals surface area contributed by atoms with Gasteiger partial charge in [-0.25, -0.2) is 9.78 Å². The van der Waals surface area contributed by atoms with E-state index in [1.165, 1.54) is 17.5 Å². The fraction of sp³-hybridized carbons (Fsp3) is 0.471. The molecule has 2 aliphatic rings. The molecule has 3 heterocycles. The summed E-state index contributed by atoms with van der Waals surface area (Å²) < 4.78 is 6.89. The zero-order chi connectivity index (χ0) is 15.8. The van der Waals surface area contributed by atoms with Gasteiger partial charge >= 0.3 is 5.97 Å². The number of hydrogen-bond acceptors (Lipinski definition) is 5. The standard InChI is InChI=1S/C17H20N4O2/c1-2-23-17(22)13-9-19-21(11-13)15-5-4-12-8-16(18-10-14(12)15)20-6-3-7-20/h8-11,15H,2-7H2,1H3. The summed E-state index contributed by atoms with van der Waals surface area (Å²) in [4.78, 5) is 18.7. The third-order valence-corrected chi connectivity index (χ3v) is 4.67. The summed E-state index contributed by atoms with van der Waals surface area (Å²) in [5.74, 6) is 0.770. The maximum atomic E-state index is 11.8. The van der Waals surface area contributed by atoms with Gasteiger partial charge in [-0.15, -0.1) is 0 Å². The predicted octanol–water partition coefficient (Wildman–Crippen LogP) is 2.20. The number of aromatic nitrogens is 3. The molecule has 1 aliphatic heterocycles. The van der Waals surface area contributed by atoms with Crippen molar-refractivity contribution in [3.05, 3.63) is 41.3 Å². The van der Waals surface area contributed by atoms with Gasteiger partial charge in [-0.1, -0.05) is 0 Å². The number of anilines is 1. The Morgan fingerprint density at radius 1 is 1.39 bits per heavy atom. The van der Waals surface area contributed by atoms with Crippen LogP contribution in [0.4, 0.5) is 5.82 Å². The lowest BCUT2D eigenvalue weighted by Crippen LogP contribution is -2.37. The zero-order valence-electron chi connectivity index (χ0n) is 13.2. The van der Waals surface area contributed by atoms with Crippen LogP contribution in [-0.4, -0.2) is 40.4 Å². The number of pyridine rings is 1. The molecule has 1 atom stereocenters. The van der Waals surface area contributed by atoms with Gasteiger partial charge in [0.25, 0.3) is 0 Å². The second kappa shape index (κ2) is 5.68. The van der Waals surface area contributed by atoms with E-state index in [1.807, 2.05) is 10.9 Å². The smallest absolute Gasteiger partial charge is 0.341 e. The molecule has 2 aromatic heterocycles. The maximum absolute atomic E-state index is 11.8. The molecule has 0 amide bonds. The fourth-order valence-corrected chi connectivity index (χ4v) is 3.28. The number of ether oxygens (including phenoxy) is 1. The van der Waals surface area contributed by atoms with Gasteiger partial charge in [0.1, 0.15) is 5.82 Å². The van der Waals surface area contributed by atoms with Gasteiger partial charge in [0, 0.05) is 25.5 Å². The van der Waals surface area contributed by atoms with Gasteiger partial charge in [-0.2, -0.15) is 5.10 Å². The van der Waals surface area contributed by atoms with E-state index in [1.54, 1.807) is 19.3 Å². The summed E-state index contributed by atoms with van der Waals surface area (Å²) in [5.41, 5.74) is 3.07. The Kier molecular flexibility index (Phi) is 3.52. The molecule has 0 N–H and O–H groups in total. The van der Waals surface area contributed by atoms with Crippen molar-refractivity contribution < 1.29 is 9.53 Å². The normalized spacial score (nSPS) is 19.3. The van der Waals surface area contributed by atoms with Crippen LogP contribution in [0.15, 0.2) is 24.7 Å². The monoisotopic (exact) mass is 312 g/mol. The first kappa shape index (κ1) is 14.2. The molecule has 6 heteroatoms. The van der Waals surface area contributed by atoms with Crippen LogP contribution in [-0.2, 0) is 11.2 Å². The molecule has 2 aromatic rings. The molecule has 0 aromatic carbocycles. The van der Waals surface area contributed by atoms with E-state index in [2.05, 4.69) is 21.0 Å². The zero-order valence-corrected chi connectivity index (χ0v) is 13.2. The third kappa shape index (κ3) is 2.48. The molecule has 23 heavy (non-hydrogen) atoms. The highest BCUT2D eigenvalue weighted by atomic mass is 16.5. The van der Waals surface area contributed by atoms with Crippen LogP contribution in [0.25, 0.3) is 0 Å². The minimum Gasteiger partial charge on any atom is -0.462 e. The number of hydrogen-bond donors (Lipinski definition) is 0. The number of fused-ring (bicyclic) bond motifs is 1. The van der Waals surface area contributed by atoms with Crippen molar-refractivity contribution in [2.45, 2.75) is 32.2 Å². The summed E-state index contributed by atoms with van der Waals surface area (Å²) >= 11 is 0. The number of esters is 1. The summed E-state index contributed by atoms with van der Waals surface area (Å²) in [6.07, 6.45) is 8.61. The molecule has 120 valence electrons. The molecule has 0 saturated carbocycles. The summed E-state index contributed by atoms with van der Waals surface area (Å²) in [7, 11) is 0. The van der Waals surface area contributed by atoms with E-state index in [0.717, 1.165) is 31.7 Å². The Labute approximate surface area is 135 Å². The highest BCUT2D eigenvalue weighted by Gasteiger charge is 2.27. The molecular formula is C17H20N4O2. The van der Waals surface area contributed by atoms with Crippen molar-refractivity contribution in [3.8, 4) is 0 Å². The lowest BCUT2D eigenvalue weighted by atomic mass is 10.1. The maximum Gasteiger partial charge on any atom is 0.341 e. The second-order valence-electron chi connectivity index (χ2n) is 6.07. The minimum absolute atomic E-state index is 0.158. The minimum atomic E-state index is -0.316. The molecule has 0 spiro atoms. The lowest BCUT2D eigenvalue weighted by molar-refractivity contribution is 0.0526. The number of nitrogens with zero attached hydrogens (tertiary/aromatic N) is 4. The molecule has 0 bridgehead atoms. The van der Waals surface area contributed by atoms with Gasteiger partial charge in [-0.05, 0) is 43.4 Å². The average Bonchev–Trinajstić information content (AvgIpc) is 3.11. The van der Waals surface area contributed by atoms with Crippen LogP contribution in [0.5, 0.6) is 0 Å². The molecule has 1 saturated heterocycles. The van der Waals surface area contributed by atoms with Crippen molar-refractivity contribution in [3.63, 3.8) is 0 Å². The number of aryl methyl sites for hydroxylation is 1. The van der Waals surface area contributed by atoms with Crippen molar-refractivity contribution >= 4 is 11.8 Å². The van der Waals surface area contributed by atoms with Crippen LogP contribution in [0.1, 0.15) is 47.3 Å². The first-order valence-corrected chi connectivity index (χ1v) is 8.21. The number of carbonyl (C=O) groups excluding carboxylic acids is 1. The average molecular weight is 312 g/mol. The Morgan fingerprint density at radius 3 is 3.00 bits per heavy atom. The molecule has 1 fully saturated rings. The summed E-state index contributed by atoms with van der Waals surface area (Å²) in [6.45, 7) is 4.39. The third-order valence-electron chi connectivity index (χ3n) is 4.67. The molecule has 1 unspecified atom stereocenters. The van der Waals surface area contributed by atoms with Gasteiger partial charge < -0.3 is 9.64 Å². The molecule has 1 aliphatic carbocycles. The largest absolute Gasteiger partial charge is 0.462 e. The second-order valence-corrected chi connectivity index (χ2v) is 6.07. The van der Waals surface area contributed by atoms with Crippen LogP contribution in [0.3, 0.4) is 0 Å². The first-order chi connectivity index (χ1) is 11.3. The first-order valence-electron chi connectivity index (χ1n) is 8.21. The molecule has 6 nitrogen and oxygen atoms in total. The van der Waals surface area contributed by atoms with E-state index < -0.39 is 0 Å². The van der Waals surface area contributed by atoms with Gasteiger partial charge in [0.2, 0.25) is 0 Å². The Morgan fingerprint density at radius 2 is 2.26 bits per heavy atom. The van der Waals surface area contributed by atoms with Crippen molar-refractivity contribution in [1.82, 2.24) is 14.8 Å². The van der Waals surface area contributed by atoms with Crippen molar-refractivity contribution in [2.24, 2.45) is 0 Å². The van der Waals surface area contributed by atoms with Crippen LogP contribution < -0.4 is 4.90 Å². The van der Waals surface area contributed by atoms with Crippen molar-refractivity contribution in [1.29, 1.82) is 0 Å². The highest BCUT2D eigenvalue weighted by molar-refractivity contribution is 5.88. The van der Waals surface area contributed by atoms with Crippen LogP contribution in [0.2, 0.25) is 0 Å². The topological polar surface area (TPSA) is 60.2 Å². The fourth-order valence-electron chi connectivity index (χ4n) is 3.28. The predicted molar refractivity (Wildman–Crippen MR) is 85.7 cm³/mol. The van der Waals surface area contributed by atoms with Crippen LogP contribution in [0, 0.1) is 0 Å². The Bertz CT molecular complexity index is 736.